The van der Waals surface area contributed by atoms with Gasteiger partial charge in [-0.1, -0.05) is 18.2 Å². The summed E-state index contributed by atoms with van der Waals surface area (Å²) in [6.45, 7) is 3.34. The number of nitrogens with one attached hydrogen (secondary N) is 1. The zero-order valence-corrected chi connectivity index (χ0v) is 17.5. The molecular weight excluding hydrogens is 379 g/mol. The van der Waals surface area contributed by atoms with Gasteiger partial charge in [-0.3, -0.25) is 4.98 Å². The summed E-state index contributed by atoms with van der Waals surface area (Å²) < 4.78 is 25.0. The second-order valence-electron chi connectivity index (χ2n) is 8.22. The van der Waals surface area contributed by atoms with Crippen LogP contribution in [0.4, 0.5) is 4.39 Å². The van der Waals surface area contributed by atoms with Crippen LogP contribution in [-0.4, -0.2) is 38.4 Å². The van der Waals surface area contributed by atoms with Crippen LogP contribution in [0.2, 0.25) is 0 Å². The summed E-state index contributed by atoms with van der Waals surface area (Å²) in [5, 5.41) is 4.53. The van der Waals surface area contributed by atoms with Crippen molar-refractivity contribution in [2.75, 3.05) is 33.4 Å². The maximum absolute atomic E-state index is 13.3. The molecule has 4 nitrogen and oxygen atoms in total. The third kappa shape index (κ3) is 4.97. The highest BCUT2D eigenvalue weighted by atomic mass is 19.1. The summed E-state index contributed by atoms with van der Waals surface area (Å²) in [6.07, 6.45) is 5.65. The summed E-state index contributed by atoms with van der Waals surface area (Å²) >= 11 is 0. The van der Waals surface area contributed by atoms with E-state index in [2.05, 4.69) is 22.4 Å². The van der Waals surface area contributed by atoms with Crippen molar-refractivity contribution in [1.29, 1.82) is 0 Å². The van der Waals surface area contributed by atoms with E-state index < -0.39 is 0 Å². The molecule has 1 fully saturated rings. The van der Waals surface area contributed by atoms with Gasteiger partial charge < -0.3 is 14.8 Å². The van der Waals surface area contributed by atoms with E-state index in [1.54, 1.807) is 19.2 Å². The van der Waals surface area contributed by atoms with Gasteiger partial charge in [-0.05, 0) is 80.2 Å². The number of nitrogens with zero attached hydrogens (tertiary/aromatic N) is 1. The Balaban J connectivity index is 1.41. The van der Waals surface area contributed by atoms with Crippen molar-refractivity contribution in [3.8, 4) is 5.75 Å². The summed E-state index contributed by atoms with van der Waals surface area (Å²) in [4.78, 5) is 4.55. The van der Waals surface area contributed by atoms with Crippen LogP contribution in [0.25, 0.3) is 10.9 Å². The number of methoxy groups -OCH3 is 1. The largest absolute Gasteiger partial charge is 0.497 e. The van der Waals surface area contributed by atoms with Gasteiger partial charge in [0, 0.05) is 17.0 Å². The second-order valence-corrected chi connectivity index (χ2v) is 8.22. The first-order valence-electron chi connectivity index (χ1n) is 10.6. The average Bonchev–Trinajstić information content (AvgIpc) is 2.78. The Kier molecular flexibility index (Phi) is 6.60. The standard InChI is InChI=1S/C25H29FN2O2/c1-29-23-15-20-3-2-11-28-24(20)21(16-23)8-14-30-18-25(9-12-27-13-10-25)17-19-4-6-22(26)7-5-19/h2-7,11,15-16,27H,8-10,12-14,17-18H2,1H3. The van der Waals surface area contributed by atoms with Crippen LogP contribution in [0, 0.1) is 11.2 Å². The molecule has 0 aliphatic carbocycles. The molecule has 0 atom stereocenters. The van der Waals surface area contributed by atoms with Crippen LogP contribution in [0.5, 0.6) is 5.75 Å². The summed E-state index contributed by atoms with van der Waals surface area (Å²) in [6, 6.07) is 15.0. The number of piperidine rings is 1. The number of fused-ring (bicyclic) bond motifs is 1. The van der Waals surface area contributed by atoms with E-state index in [1.807, 2.05) is 30.5 Å². The first kappa shape index (κ1) is 20.8. The maximum Gasteiger partial charge on any atom is 0.123 e. The predicted octanol–water partition coefficient (Wildman–Crippen LogP) is 4.55. The van der Waals surface area contributed by atoms with Gasteiger partial charge in [0.25, 0.3) is 0 Å². The van der Waals surface area contributed by atoms with Crippen molar-refractivity contribution in [3.63, 3.8) is 0 Å². The molecule has 0 saturated carbocycles. The van der Waals surface area contributed by atoms with Gasteiger partial charge in [0.15, 0.2) is 0 Å². The molecule has 1 aliphatic rings. The Bertz CT molecular complexity index is 969. The fourth-order valence-electron chi connectivity index (χ4n) is 4.38. The fourth-order valence-corrected chi connectivity index (χ4v) is 4.38. The number of aromatic nitrogens is 1. The molecule has 5 heteroatoms. The van der Waals surface area contributed by atoms with Crippen molar-refractivity contribution in [3.05, 3.63) is 71.7 Å². The van der Waals surface area contributed by atoms with Gasteiger partial charge in [-0.2, -0.15) is 0 Å². The van der Waals surface area contributed by atoms with Gasteiger partial charge in [-0.15, -0.1) is 0 Å². The number of rotatable bonds is 8. The number of halogens is 1. The Morgan fingerprint density at radius 1 is 1.10 bits per heavy atom. The molecule has 1 N–H and O–H groups in total. The molecule has 4 rings (SSSR count). The van der Waals surface area contributed by atoms with Gasteiger partial charge in [0.1, 0.15) is 11.6 Å². The summed E-state index contributed by atoms with van der Waals surface area (Å²) in [5.41, 5.74) is 3.41. The average molecular weight is 409 g/mol. The number of hydrogen-bond acceptors (Lipinski definition) is 4. The van der Waals surface area contributed by atoms with E-state index in [0.717, 1.165) is 61.0 Å². The number of benzene rings is 2. The first-order chi connectivity index (χ1) is 14.7. The zero-order valence-electron chi connectivity index (χ0n) is 17.5. The molecular formula is C25H29FN2O2. The fraction of sp³-hybridized carbons (Fsp3) is 0.400. The smallest absolute Gasteiger partial charge is 0.123 e. The lowest BCUT2D eigenvalue weighted by Gasteiger charge is -2.37. The molecule has 0 radical (unpaired) electrons. The quantitative estimate of drug-likeness (QED) is 0.555. The molecule has 0 amide bonds. The number of ether oxygens (including phenoxy) is 2. The van der Waals surface area contributed by atoms with Crippen LogP contribution in [0.1, 0.15) is 24.0 Å². The van der Waals surface area contributed by atoms with E-state index in [-0.39, 0.29) is 11.2 Å². The highest BCUT2D eigenvalue weighted by Gasteiger charge is 2.32. The molecule has 1 aliphatic heterocycles. The molecule has 1 saturated heterocycles. The normalized spacial score (nSPS) is 15.9. The van der Waals surface area contributed by atoms with Crippen molar-refractivity contribution in [2.45, 2.75) is 25.7 Å². The van der Waals surface area contributed by atoms with E-state index >= 15 is 0 Å². The molecule has 0 bridgehead atoms. The van der Waals surface area contributed by atoms with Crippen molar-refractivity contribution in [2.24, 2.45) is 5.41 Å². The monoisotopic (exact) mass is 408 g/mol. The third-order valence-electron chi connectivity index (χ3n) is 6.07. The van der Waals surface area contributed by atoms with Crippen molar-refractivity contribution in [1.82, 2.24) is 10.3 Å². The van der Waals surface area contributed by atoms with Crippen molar-refractivity contribution < 1.29 is 13.9 Å². The lowest BCUT2D eigenvalue weighted by atomic mass is 9.75. The van der Waals surface area contributed by atoms with Crippen LogP contribution < -0.4 is 10.1 Å². The Labute approximate surface area is 177 Å². The van der Waals surface area contributed by atoms with E-state index in [4.69, 9.17) is 9.47 Å². The van der Waals surface area contributed by atoms with Crippen LogP contribution in [-0.2, 0) is 17.6 Å². The van der Waals surface area contributed by atoms with Crippen LogP contribution >= 0.6 is 0 Å². The van der Waals surface area contributed by atoms with Crippen molar-refractivity contribution >= 4 is 10.9 Å². The third-order valence-corrected chi connectivity index (χ3v) is 6.07. The Hall–Kier alpha value is -2.50. The SMILES string of the molecule is COc1cc(CCOCC2(Cc3ccc(F)cc3)CCNCC2)c2ncccc2c1. The lowest BCUT2D eigenvalue weighted by molar-refractivity contribution is 0.0254. The first-order valence-corrected chi connectivity index (χ1v) is 10.6. The topological polar surface area (TPSA) is 43.4 Å². The highest BCUT2D eigenvalue weighted by molar-refractivity contribution is 5.83. The molecule has 30 heavy (non-hydrogen) atoms. The molecule has 158 valence electrons. The highest BCUT2D eigenvalue weighted by Crippen LogP contribution is 2.34. The minimum atomic E-state index is -0.187. The molecule has 3 aromatic rings. The molecule has 0 spiro atoms. The minimum absolute atomic E-state index is 0.0950. The molecule has 2 aromatic carbocycles. The summed E-state index contributed by atoms with van der Waals surface area (Å²) in [5.74, 6) is 0.658. The number of hydrogen-bond donors (Lipinski definition) is 1. The van der Waals surface area contributed by atoms with Gasteiger partial charge >= 0.3 is 0 Å². The predicted molar refractivity (Wildman–Crippen MR) is 117 cm³/mol. The number of pyridine rings is 1. The second kappa shape index (κ2) is 9.54. The van der Waals surface area contributed by atoms with Gasteiger partial charge in [-0.25, -0.2) is 4.39 Å². The Morgan fingerprint density at radius 3 is 2.67 bits per heavy atom. The van der Waals surface area contributed by atoms with Crippen LogP contribution in [0.15, 0.2) is 54.7 Å². The van der Waals surface area contributed by atoms with Gasteiger partial charge in [0.05, 0.1) is 25.8 Å². The van der Waals surface area contributed by atoms with Crippen LogP contribution in [0.3, 0.4) is 0 Å². The van der Waals surface area contributed by atoms with E-state index in [1.165, 1.54) is 5.56 Å². The van der Waals surface area contributed by atoms with E-state index in [9.17, 15) is 4.39 Å². The van der Waals surface area contributed by atoms with E-state index in [0.29, 0.717) is 13.2 Å². The minimum Gasteiger partial charge on any atom is -0.497 e. The van der Waals surface area contributed by atoms with Gasteiger partial charge in [0.2, 0.25) is 0 Å². The lowest BCUT2D eigenvalue weighted by Crippen LogP contribution is -2.41. The molecule has 1 aromatic heterocycles. The summed E-state index contributed by atoms with van der Waals surface area (Å²) in [7, 11) is 1.69. The zero-order chi connectivity index (χ0) is 20.8. The molecule has 0 unspecified atom stereocenters. The molecule has 2 heterocycles. The maximum atomic E-state index is 13.3. The Morgan fingerprint density at radius 2 is 1.90 bits per heavy atom.